The summed E-state index contributed by atoms with van der Waals surface area (Å²) in [4.78, 5) is 0.540. The van der Waals surface area contributed by atoms with Crippen LogP contribution in [0.4, 0.5) is 0 Å². The molecule has 3 saturated carbocycles. The van der Waals surface area contributed by atoms with E-state index < -0.39 is 9.84 Å². The van der Waals surface area contributed by atoms with E-state index in [1.807, 2.05) is 18.2 Å². The summed E-state index contributed by atoms with van der Waals surface area (Å²) in [5.74, 6) is 2.53. The second kappa shape index (κ2) is 3.93. The molecule has 5 aliphatic carbocycles. The number of benzene rings is 1. The van der Waals surface area contributed by atoms with E-state index >= 15 is 0 Å². The molecule has 0 aromatic heterocycles. The van der Waals surface area contributed by atoms with Crippen molar-refractivity contribution in [2.45, 2.75) is 48.7 Å². The monoisotopic (exact) mass is 326 g/mol. The van der Waals surface area contributed by atoms with E-state index in [1.165, 1.54) is 32.1 Å². The largest absolute Gasteiger partial charge is 0.223 e. The van der Waals surface area contributed by atoms with Crippen molar-refractivity contribution in [3.8, 4) is 0 Å². The summed E-state index contributed by atoms with van der Waals surface area (Å²) in [5, 5.41) is -0.143. The molecule has 2 nitrogen and oxygen atoms in total. The lowest BCUT2D eigenvalue weighted by Gasteiger charge is -2.30. The molecule has 1 aromatic carbocycles. The van der Waals surface area contributed by atoms with Gasteiger partial charge in [0.2, 0.25) is 0 Å². The highest BCUT2D eigenvalue weighted by molar-refractivity contribution is 7.92. The summed E-state index contributed by atoms with van der Waals surface area (Å²) >= 11 is 0. The molecular formula is C20H22O2S. The summed E-state index contributed by atoms with van der Waals surface area (Å²) in [6, 6.07) is 9.19. The Bertz CT molecular complexity index is 832. The van der Waals surface area contributed by atoms with Gasteiger partial charge in [-0.25, -0.2) is 8.42 Å². The Morgan fingerprint density at radius 3 is 2.30 bits per heavy atom. The quantitative estimate of drug-likeness (QED) is 0.770. The van der Waals surface area contributed by atoms with Crippen molar-refractivity contribution in [3.05, 3.63) is 41.5 Å². The second-order valence-electron chi connectivity index (χ2n) is 8.51. The zero-order valence-electron chi connectivity index (χ0n) is 13.2. The van der Waals surface area contributed by atoms with Crippen LogP contribution in [0, 0.1) is 29.1 Å². The number of hydrogen-bond acceptors (Lipinski definition) is 2. The highest BCUT2D eigenvalue weighted by Gasteiger charge is 2.72. The molecule has 23 heavy (non-hydrogen) atoms. The van der Waals surface area contributed by atoms with Crippen molar-refractivity contribution in [3.63, 3.8) is 0 Å². The Balaban J connectivity index is 1.49. The van der Waals surface area contributed by atoms with E-state index in [4.69, 9.17) is 0 Å². The number of fused-ring (bicyclic) bond motifs is 6. The third-order valence-corrected chi connectivity index (χ3v) is 10.00. The highest BCUT2D eigenvalue weighted by Crippen LogP contribution is 2.78. The minimum absolute atomic E-state index is 0.143. The molecule has 5 aliphatic rings. The van der Waals surface area contributed by atoms with Crippen molar-refractivity contribution in [2.75, 3.05) is 0 Å². The standard InChI is InChI=1S/C20H22O2S/c21-23(22,14-4-2-1-3-5-14)16-11-15-17-12-6-7-13(10-12)18(17)19(16)20(15)8-9-20/h1-5,12-13,15-16,19H,6-11H2/t12-,13-,15-,16-,19-/m0/s1. The van der Waals surface area contributed by atoms with Crippen molar-refractivity contribution in [2.24, 2.45) is 29.1 Å². The van der Waals surface area contributed by atoms with Gasteiger partial charge in [0, 0.05) is 5.92 Å². The van der Waals surface area contributed by atoms with Crippen LogP contribution in [-0.2, 0) is 9.84 Å². The predicted octanol–water partition coefficient (Wildman–Crippen LogP) is 3.99. The van der Waals surface area contributed by atoms with Gasteiger partial charge in [-0.2, -0.15) is 0 Å². The average molecular weight is 326 g/mol. The first-order chi connectivity index (χ1) is 11.1. The normalized spacial score (nSPS) is 41.8. The van der Waals surface area contributed by atoms with Crippen LogP contribution in [0.1, 0.15) is 38.5 Å². The molecule has 0 amide bonds. The van der Waals surface area contributed by atoms with Gasteiger partial charge < -0.3 is 0 Å². The Labute approximate surface area is 137 Å². The van der Waals surface area contributed by atoms with Gasteiger partial charge in [0.15, 0.2) is 9.84 Å². The fourth-order valence-corrected chi connectivity index (χ4v) is 9.08. The molecule has 6 rings (SSSR count). The molecular weight excluding hydrogens is 304 g/mol. The third-order valence-electron chi connectivity index (χ3n) is 7.81. The Morgan fingerprint density at radius 2 is 1.61 bits per heavy atom. The fourth-order valence-electron chi connectivity index (χ4n) is 6.97. The van der Waals surface area contributed by atoms with Crippen molar-refractivity contribution in [1.29, 1.82) is 0 Å². The first-order valence-corrected chi connectivity index (χ1v) is 10.7. The molecule has 3 heteroatoms. The molecule has 0 N–H and O–H groups in total. The maximum Gasteiger partial charge on any atom is 0.181 e. The van der Waals surface area contributed by atoms with Gasteiger partial charge >= 0.3 is 0 Å². The summed E-state index contributed by atoms with van der Waals surface area (Å²) in [6.07, 6.45) is 7.49. The van der Waals surface area contributed by atoms with Crippen LogP contribution < -0.4 is 0 Å². The van der Waals surface area contributed by atoms with Crippen LogP contribution in [0.5, 0.6) is 0 Å². The molecule has 120 valence electrons. The molecule has 0 aliphatic heterocycles. The van der Waals surface area contributed by atoms with Crippen LogP contribution >= 0.6 is 0 Å². The van der Waals surface area contributed by atoms with E-state index in [0.717, 1.165) is 18.3 Å². The van der Waals surface area contributed by atoms with Gasteiger partial charge in [-0.3, -0.25) is 0 Å². The molecule has 0 radical (unpaired) electrons. The first-order valence-electron chi connectivity index (χ1n) is 9.16. The second-order valence-corrected chi connectivity index (χ2v) is 10.7. The zero-order valence-corrected chi connectivity index (χ0v) is 14.1. The van der Waals surface area contributed by atoms with Crippen molar-refractivity contribution >= 4 is 9.84 Å². The Morgan fingerprint density at radius 1 is 0.913 bits per heavy atom. The van der Waals surface area contributed by atoms with Crippen LogP contribution in [0.15, 0.2) is 46.4 Å². The number of hydrogen-bond donors (Lipinski definition) is 0. The summed E-state index contributed by atoms with van der Waals surface area (Å²) in [7, 11) is -3.19. The lowest BCUT2D eigenvalue weighted by molar-refractivity contribution is 0.355. The SMILES string of the molecule is O=S(=O)(c1ccccc1)[C@H]1C[C@H]2C3=C([C@H]4CC[C@H]3C4)[C@H]1C21CC1. The molecule has 0 heterocycles. The molecule has 0 saturated heterocycles. The lowest BCUT2D eigenvalue weighted by atomic mass is 9.82. The van der Waals surface area contributed by atoms with Crippen LogP contribution in [-0.4, -0.2) is 13.7 Å². The molecule has 1 aromatic rings. The van der Waals surface area contributed by atoms with Gasteiger partial charge in [0.05, 0.1) is 10.1 Å². The molecule has 0 unspecified atom stereocenters. The smallest absolute Gasteiger partial charge is 0.181 e. The highest BCUT2D eigenvalue weighted by atomic mass is 32.2. The molecule has 4 bridgehead atoms. The van der Waals surface area contributed by atoms with Gasteiger partial charge in [0.25, 0.3) is 0 Å². The summed E-state index contributed by atoms with van der Waals surface area (Å²) in [6.45, 7) is 0. The van der Waals surface area contributed by atoms with E-state index in [-0.39, 0.29) is 5.25 Å². The predicted molar refractivity (Wildman–Crippen MR) is 88.5 cm³/mol. The third kappa shape index (κ3) is 1.41. The Kier molecular flexibility index (Phi) is 2.26. The average Bonchev–Trinajstić information content (AvgIpc) is 2.87. The van der Waals surface area contributed by atoms with E-state index in [2.05, 4.69) is 0 Å². The molecule has 5 atom stereocenters. The lowest BCUT2D eigenvalue weighted by Crippen LogP contribution is -2.32. The first kappa shape index (κ1) is 13.2. The van der Waals surface area contributed by atoms with Gasteiger partial charge in [0.1, 0.15) is 0 Å². The van der Waals surface area contributed by atoms with E-state index in [1.54, 1.807) is 23.3 Å². The summed E-state index contributed by atoms with van der Waals surface area (Å²) < 4.78 is 26.6. The van der Waals surface area contributed by atoms with E-state index in [0.29, 0.717) is 22.1 Å². The molecule has 1 spiro atoms. The van der Waals surface area contributed by atoms with Crippen molar-refractivity contribution < 1.29 is 8.42 Å². The van der Waals surface area contributed by atoms with Crippen LogP contribution in [0.3, 0.4) is 0 Å². The zero-order chi connectivity index (χ0) is 15.4. The maximum absolute atomic E-state index is 13.3. The minimum atomic E-state index is -3.19. The maximum atomic E-state index is 13.3. The number of allylic oxidation sites excluding steroid dienone is 2. The fraction of sp³-hybridized carbons (Fsp3) is 0.600. The van der Waals surface area contributed by atoms with Gasteiger partial charge in [-0.05, 0) is 73.8 Å². The number of sulfone groups is 1. The summed E-state index contributed by atoms with van der Waals surface area (Å²) in [5.41, 5.74) is 3.79. The van der Waals surface area contributed by atoms with E-state index in [9.17, 15) is 8.42 Å². The van der Waals surface area contributed by atoms with Crippen molar-refractivity contribution in [1.82, 2.24) is 0 Å². The molecule has 3 fully saturated rings. The minimum Gasteiger partial charge on any atom is -0.223 e. The van der Waals surface area contributed by atoms with Gasteiger partial charge in [-0.15, -0.1) is 0 Å². The van der Waals surface area contributed by atoms with Crippen LogP contribution in [0.2, 0.25) is 0 Å². The van der Waals surface area contributed by atoms with Crippen LogP contribution in [0.25, 0.3) is 0 Å². The number of rotatable bonds is 2. The topological polar surface area (TPSA) is 34.1 Å². The Hall–Kier alpha value is -1.09. The van der Waals surface area contributed by atoms with Gasteiger partial charge in [-0.1, -0.05) is 29.3 Å².